The van der Waals surface area contributed by atoms with Crippen molar-refractivity contribution in [2.24, 2.45) is 11.5 Å². The second-order valence-corrected chi connectivity index (χ2v) is 2.73. The number of amides is 1. The molecule has 1 aromatic heterocycles. The molecule has 0 bridgehead atoms. The number of carbonyl (C=O) groups excluding carboxylic acids is 1. The molecule has 0 spiro atoms. The van der Waals surface area contributed by atoms with Crippen molar-refractivity contribution in [3.8, 4) is 0 Å². The highest BCUT2D eigenvalue weighted by atomic mass is 16.1. The van der Waals surface area contributed by atoms with E-state index in [1.165, 1.54) is 0 Å². The van der Waals surface area contributed by atoms with Crippen LogP contribution in [-0.4, -0.2) is 16.1 Å². The number of aromatic nitrogens is 2. The molecule has 5 nitrogen and oxygen atoms in total. The van der Waals surface area contributed by atoms with Crippen molar-refractivity contribution in [2.45, 2.75) is 19.9 Å². The number of rotatable bonds is 2. The van der Waals surface area contributed by atoms with Gasteiger partial charge in [-0.25, -0.2) is 0 Å². The van der Waals surface area contributed by atoms with Crippen molar-refractivity contribution in [1.82, 2.24) is 10.2 Å². The van der Waals surface area contributed by atoms with E-state index in [1.807, 2.05) is 0 Å². The third-order valence-electron chi connectivity index (χ3n) is 1.80. The molecule has 66 valence electrons. The van der Waals surface area contributed by atoms with E-state index >= 15 is 0 Å². The Labute approximate surface area is 70.1 Å². The van der Waals surface area contributed by atoms with Crippen LogP contribution in [0.5, 0.6) is 0 Å². The van der Waals surface area contributed by atoms with Gasteiger partial charge in [-0.2, -0.15) is 5.10 Å². The third-order valence-corrected chi connectivity index (χ3v) is 1.80. The number of hydrogen-bond acceptors (Lipinski definition) is 3. The largest absolute Gasteiger partial charge is 0.368 e. The molecule has 1 heterocycles. The van der Waals surface area contributed by atoms with Gasteiger partial charge in [-0.05, 0) is 13.8 Å². The molecular weight excluding hydrogens is 156 g/mol. The lowest BCUT2D eigenvalue weighted by molar-refractivity contribution is -0.119. The average molecular weight is 168 g/mol. The first-order chi connectivity index (χ1) is 5.54. The highest BCUT2D eigenvalue weighted by Crippen LogP contribution is 2.16. The summed E-state index contributed by atoms with van der Waals surface area (Å²) in [5.41, 5.74) is 12.8. The van der Waals surface area contributed by atoms with Crippen molar-refractivity contribution >= 4 is 5.91 Å². The third kappa shape index (κ3) is 1.31. The summed E-state index contributed by atoms with van der Waals surface area (Å²) in [6.07, 6.45) is 0. The summed E-state index contributed by atoms with van der Waals surface area (Å²) in [5, 5.41) is 6.64. The van der Waals surface area contributed by atoms with Crippen LogP contribution in [0.4, 0.5) is 0 Å². The van der Waals surface area contributed by atoms with Gasteiger partial charge in [-0.1, -0.05) is 0 Å². The Kier molecular flexibility index (Phi) is 2.14. The summed E-state index contributed by atoms with van der Waals surface area (Å²) in [5.74, 6) is -0.539. The van der Waals surface area contributed by atoms with Gasteiger partial charge in [-0.15, -0.1) is 0 Å². The number of aromatic amines is 1. The van der Waals surface area contributed by atoms with Crippen molar-refractivity contribution in [3.63, 3.8) is 0 Å². The number of nitrogens with zero attached hydrogens (tertiary/aromatic N) is 1. The summed E-state index contributed by atoms with van der Waals surface area (Å²) in [6.45, 7) is 3.58. The summed E-state index contributed by atoms with van der Waals surface area (Å²) < 4.78 is 0. The Bertz CT molecular complexity index is 285. The summed E-state index contributed by atoms with van der Waals surface area (Å²) in [7, 11) is 0. The van der Waals surface area contributed by atoms with Crippen LogP contribution < -0.4 is 11.5 Å². The predicted octanol–water partition coefficient (Wildman–Crippen LogP) is -0.488. The molecule has 1 atom stereocenters. The van der Waals surface area contributed by atoms with E-state index in [1.54, 1.807) is 13.8 Å². The summed E-state index contributed by atoms with van der Waals surface area (Å²) in [6, 6.07) is -0.760. The first kappa shape index (κ1) is 8.73. The van der Waals surface area contributed by atoms with E-state index in [4.69, 9.17) is 11.5 Å². The van der Waals surface area contributed by atoms with Gasteiger partial charge >= 0.3 is 0 Å². The number of H-pyrrole nitrogens is 1. The molecule has 1 amide bonds. The molecule has 0 saturated heterocycles. The fourth-order valence-electron chi connectivity index (χ4n) is 1.16. The van der Waals surface area contributed by atoms with Gasteiger partial charge in [0.05, 0.1) is 5.69 Å². The second-order valence-electron chi connectivity index (χ2n) is 2.73. The first-order valence-corrected chi connectivity index (χ1v) is 3.60. The maximum absolute atomic E-state index is 10.8. The minimum Gasteiger partial charge on any atom is -0.368 e. The Morgan fingerprint density at radius 2 is 2.17 bits per heavy atom. The molecule has 0 aromatic carbocycles. The van der Waals surface area contributed by atoms with Crippen LogP contribution in [0.1, 0.15) is 23.0 Å². The minimum absolute atomic E-state index is 0.539. The zero-order chi connectivity index (χ0) is 9.30. The molecule has 5 heteroatoms. The fraction of sp³-hybridized carbons (Fsp3) is 0.429. The molecule has 0 radical (unpaired) electrons. The van der Waals surface area contributed by atoms with Crippen molar-refractivity contribution in [3.05, 3.63) is 17.0 Å². The average Bonchev–Trinajstić information content (AvgIpc) is 2.30. The number of nitrogens with one attached hydrogen (secondary N) is 1. The van der Waals surface area contributed by atoms with Gasteiger partial charge in [-0.3, -0.25) is 9.89 Å². The molecule has 0 saturated carbocycles. The van der Waals surface area contributed by atoms with Crippen molar-refractivity contribution in [2.75, 3.05) is 0 Å². The zero-order valence-corrected chi connectivity index (χ0v) is 7.09. The number of carbonyl (C=O) groups is 1. The maximum atomic E-state index is 10.8. The second kappa shape index (κ2) is 2.94. The number of aryl methyl sites for hydroxylation is 2. The molecular formula is C7H12N4O. The van der Waals surface area contributed by atoms with E-state index in [2.05, 4.69) is 10.2 Å². The molecule has 12 heavy (non-hydrogen) atoms. The summed E-state index contributed by atoms with van der Waals surface area (Å²) >= 11 is 0. The van der Waals surface area contributed by atoms with Crippen LogP contribution in [0, 0.1) is 13.8 Å². The van der Waals surface area contributed by atoms with Crippen molar-refractivity contribution in [1.29, 1.82) is 0 Å². The highest BCUT2D eigenvalue weighted by Gasteiger charge is 2.18. The van der Waals surface area contributed by atoms with Gasteiger partial charge in [0.2, 0.25) is 5.91 Å². The molecule has 0 aliphatic carbocycles. The minimum atomic E-state index is -0.760. The Morgan fingerprint density at radius 3 is 2.50 bits per heavy atom. The highest BCUT2D eigenvalue weighted by molar-refractivity contribution is 5.81. The molecule has 0 aliphatic heterocycles. The Morgan fingerprint density at radius 1 is 1.58 bits per heavy atom. The van der Waals surface area contributed by atoms with Crippen molar-refractivity contribution < 1.29 is 4.79 Å². The van der Waals surface area contributed by atoms with Gasteiger partial charge in [0.1, 0.15) is 6.04 Å². The lowest BCUT2D eigenvalue weighted by Crippen LogP contribution is -2.29. The van der Waals surface area contributed by atoms with Crippen LogP contribution >= 0.6 is 0 Å². The van der Waals surface area contributed by atoms with Crippen LogP contribution in [0.3, 0.4) is 0 Å². The zero-order valence-electron chi connectivity index (χ0n) is 7.09. The Hall–Kier alpha value is -1.36. The fourth-order valence-corrected chi connectivity index (χ4v) is 1.16. The molecule has 0 aliphatic rings. The summed E-state index contributed by atoms with van der Waals surface area (Å²) in [4.78, 5) is 10.8. The van der Waals surface area contributed by atoms with E-state index < -0.39 is 11.9 Å². The van der Waals surface area contributed by atoms with Gasteiger partial charge in [0.25, 0.3) is 0 Å². The predicted molar refractivity (Wildman–Crippen MR) is 44.2 cm³/mol. The Balaban J connectivity index is 3.08. The molecule has 1 unspecified atom stereocenters. The standard InChI is InChI=1S/C7H12N4O/c1-3-5(4(2)11-10-3)6(8)7(9)12/h6H,8H2,1-2H3,(H2,9,12)(H,10,11). The van der Waals surface area contributed by atoms with Crippen LogP contribution in [0.2, 0.25) is 0 Å². The smallest absolute Gasteiger partial charge is 0.239 e. The van der Waals surface area contributed by atoms with Gasteiger partial charge in [0.15, 0.2) is 0 Å². The number of primary amides is 1. The topological polar surface area (TPSA) is 97.8 Å². The quantitative estimate of drug-likeness (QED) is 0.555. The van der Waals surface area contributed by atoms with E-state index in [-0.39, 0.29) is 0 Å². The van der Waals surface area contributed by atoms with E-state index in [0.29, 0.717) is 5.56 Å². The van der Waals surface area contributed by atoms with Crippen LogP contribution in [0.25, 0.3) is 0 Å². The van der Waals surface area contributed by atoms with Crippen LogP contribution in [-0.2, 0) is 4.79 Å². The lowest BCUT2D eigenvalue weighted by Gasteiger charge is -2.06. The molecule has 0 fully saturated rings. The first-order valence-electron chi connectivity index (χ1n) is 3.60. The van der Waals surface area contributed by atoms with Crippen LogP contribution in [0.15, 0.2) is 0 Å². The van der Waals surface area contributed by atoms with E-state index in [9.17, 15) is 4.79 Å². The molecule has 1 rings (SSSR count). The number of nitrogens with two attached hydrogens (primary N) is 2. The lowest BCUT2D eigenvalue weighted by atomic mass is 10.1. The normalized spacial score (nSPS) is 12.9. The SMILES string of the molecule is Cc1n[nH]c(C)c1C(N)C(N)=O. The van der Waals surface area contributed by atoms with Gasteiger partial charge < -0.3 is 11.5 Å². The monoisotopic (exact) mass is 168 g/mol. The number of hydrogen-bond donors (Lipinski definition) is 3. The molecule has 5 N–H and O–H groups in total. The maximum Gasteiger partial charge on any atom is 0.239 e. The van der Waals surface area contributed by atoms with Gasteiger partial charge in [0, 0.05) is 11.3 Å². The van der Waals surface area contributed by atoms with E-state index in [0.717, 1.165) is 11.4 Å². The molecule has 1 aromatic rings.